The van der Waals surface area contributed by atoms with Gasteiger partial charge in [0.1, 0.15) is 0 Å². The summed E-state index contributed by atoms with van der Waals surface area (Å²) in [7, 11) is 3.64. The molecule has 0 aromatic heterocycles. The van der Waals surface area contributed by atoms with Gasteiger partial charge in [-0.3, -0.25) is 9.69 Å². The number of hydrogen-bond donors (Lipinski definition) is 1. The van der Waals surface area contributed by atoms with Crippen LogP contribution in [0.15, 0.2) is 42.5 Å². The highest BCUT2D eigenvalue weighted by Crippen LogP contribution is 2.17. The third-order valence-corrected chi connectivity index (χ3v) is 3.53. The fraction of sp³-hybridized carbons (Fsp3) is 0.312. The smallest absolute Gasteiger partial charge is 0.236 e. The SMILES string of the molecule is CNC(=O)[C@H](C)N(C)Cc1ccc2ccccc2c1. The average molecular weight is 256 g/mol. The van der Waals surface area contributed by atoms with Gasteiger partial charge in [-0.15, -0.1) is 0 Å². The molecule has 0 saturated heterocycles. The van der Waals surface area contributed by atoms with Gasteiger partial charge in [0.2, 0.25) is 5.91 Å². The number of fused-ring (bicyclic) bond motifs is 1. The number of hydrogen-bond acceptors (Lipinski definition) is 2. The molecule has 2 aromatic carbocycles. The average Bonchev–Trinajstić information content (AvgIpc) is 2.45. The predicted octanol–water partition coefficient (Wildman–Crippen LogP) is 2.41. The Morgan fingerprint density at radius 1 is 1.21 bits per heavy atom. The van der Waals surface area contributed by atoms with Gasteiger partial charge in [0.05, 0.1) is 6.04 Å². The quantitative estimate of drug-likeness (QED) is 0.911. The van der Waals surface area contributed by atoms with E-state index in [9.17, 15) is 4.79 Å². The second-order valence-corrected chi connectivity index (χ2v) is 4.89. The van der Waals surface area contributed by atoms with Gasteiger partial charge in [-0.1, -0.05) is 36.4 Å². The predicted molar refractivity (Wildman–Crippen MR) is 78.9 cm³/mol. The molecule has 2 rings (SSSR count). The summed E-state index contributed by atoms with van der Waals surface area (Å²) in [6.45, 7) is 2.68. The molecule has 0 radical (unpaired) electrons. The molecule has 0 aliphatic heterocycles. The van der Waals surface area contributed by atoms with Crippen molar-refractivity contribution in [3.63, 3.8) is 0 Å². The zero-order valence-corrected chi connectivity index (χ0v) is 11.7. The second kappa shape index (κ2) is 5.85. The minimum absolute atomic E-state index is 0.0447. The Hall–Kier alpha value is -1.87. The van der Waals surface area contributed by atoms with E-state index < -0.39 is 0 Å². The first kappa shape index (κ1) is 13.6. The zero-order chi connectivity index (χ0) is 13.8. The van der Waals surface area contributed by atoms with Crippen molar-refractivity contribution in [1.82, 2.24) is 10.2 Å². The molecule has 0 fully saturated rings. The maximum absolute atomic E-state index is 11.6. The van der Waals surface area contributed by atoms with E-state index in [1.54, 1.807) is 7.05 Å². The Morgan fingerprint density at radius 3 is 2.58 bits per heavy atom. The first-order valence-corrected chi connectivity index (χ1v) is 6.51. The van der Waals surface area contributed by atoms with Crippen LogP contribution in [0.2, 0.25) is 0 Å². The van der Waals surface area contributed by atoms with E-state index in [0.29, 0.717) is 0 Å². The molecule has 3 nitrogen and oxygen atoms in total. The molecule has 0 saturated carbocycles. The summed E-state index contributed by atoms with van der Waals surface area (Å²) in [5, 5.41) is 5.16. The van der Waals surface area contributed by atoms with Crippen LogP contribution in [0.4, 0.5) is 0 Å². The molecule has 2 aromatic rings. The van der Waals surface area contributed by atoms with E-state index in [-0.39, 0.29) is 11.9 Å². The summed E-state index contributed by atoms with van der Waals surface area (Å²) in [4.78, 5) is 13.6. The minimum atomic E-state index is -0.128. The largest absolute Gasteiger partial charge is 0.358 e. The number of likely N-dealkylation sites (N-methyl/N-ethyl adjacent to an activating group) is 2. The van der Waals surface area contributed by atoms with Crippen molar-refractivity contribution in [3.05, 3.63) is 48.0 Å². The Balaban J connectivity index is 2.14. The first-order valence-electron chi connectivity index (χ1n) is 6.51. The maximum Gasteiger partial charge on any atom is 0.236 e. The van der Waals surface area contributed by atoms with Gasteiger partial charge in [-0.2, -0.15) is 0 Å². The molecule has 0 spiro atoms. The number of benzene rings is 2. The fourth-order valence-corrected chi connectivity index (χ4v) is 2.17. The zero-order valence-electron chi connectivity index (χ0n) is 11.7. The van der Waals surface area contributed by atoms with E-state index in [1.165, 1.54) is 16.3 Å². The van der Waals surface area contributed by atoms with Crippen molar-refractivity contribution in [3.8, 4) is 0 Å². The van der Waals surface area contributed by atoms with Crippen molar-refractivity contribution in [2.75, 3.05) is 14.1 Å². The number of nitrogens with one attached hydrogen (secondary N) is 1. The minimum Gasteiger partial charge on any atom is -0.358 e. The molecule has 3 heteroatoms. The van der Waals surface area contributed by atoms with Crippen molar-refractivity contribution >= 4 is 16.7 Å². The van der Waals surface area contributed by atoms with Crippen LogP contribution < -0.4 is 5.32 Å². The van der Waals surface area contributed by atoms with Crippen LogP contribution >= 0.6 is 0 Å². The molecule has 1 atom stereocenters. The molecular formula is C16H20N2O. The molecule has 19 heavy (non-hydrogen) atoms. The van der Waals surface area contributed by atoms with Gasteiger partial charge in [0, 0.05) is 13.6 Å². The second-order valence-electron chi connectivity index (χ2n) is 4.89. The monoisotopic (exact) mass is 256 g/mol. The molecule has 0 aliphatic rings. The summed E-state index contributed by atoms with van der Waals surface area (Å²) in [5.74, 6) is 0.0447. The van der Waals surface area contributed by atoms with E-state index in [1.807, 2.05) is 31.0 Å². The number of amides is 1. The molecule has 1 amide bonds. The Bertz CT molecular complexity index is 580. The summed E-state index contributed by atoms with van der Waals surface area (Å²) in [5.41, 5.74) is 1.22. The van der Waals surface area contributed by atoms with Gasteiger partial charge in [0.25, 0.3) is 0 Å². The number of rotatable bonds is 4. The van der Waals surface area contributed by atoms with Gasteiger partial charge in [-0.25, -0.2) is 0 Å². The van der Waals surface area contributed by atoms with Gasteiger partial charge < -0.3 is 5.32 Å². The van der Waals surface area contributed by atoms with Crippen molar-refractivity contribution < 1.29 is 4.79 Å². The van der Waals surface area contributed by atoms with Crippen LogP contribution in [0.25, 0.3) is 10.8 Å². The van der Waals surface area contributed by atoms with Crippen molar-refractivity contribution in [1.29, 1.82) is 0 Å². The van der Waals surface area contributed by atoms with Crippen LogP contribution in [-0.2, 0) is 11.3 Å². The lowest BCUT2D eigenvalue weighted by atomic mass is 10.1. The Labute approximate surface area is 114 Å². The lowest BCUT2D eigenvalue weighted by Crippen LogP contribution is -2.41. The number of nitrogens with zero attached hydrogens (tertiary/aromatic N) is 1. The summed E-state index contributed by atoms with van der Waals surface area (Å²) in [6, 6.07) is 14.6. The number of carbonyl (C=O) groups is 1. The van der Waals surface area contributed by atoms with Crippen LogP contribution in [0, 0.1) is 0 Å². The molecule has 100 valence electrons. The highest BCUT2D eigenvalue weighted by atomic mass is 16.2. The number of carbonyl (C=O) groups excluding carboxylic acids is 1. The lowest BCUT2D eigenvalue weighted by Gasteiger charge is -2.23. The Kier molecular flexibility index (Phi) is 4.17. The van der Waals surface area contributed by atoms with Crippen LogP contribution in [0.5, 0.6) is 0 Å². The van der Waals surface area contributed by atoms with Crippen LogP contribution in [-0.4, -0.2) is 30.9 Å². The van der Waals surface area contributed by atoms with Gasteiger partial charge in [-0.05, 0) is 36.4 Å². The highest BCUT2D eigenvalue weighted by Gasteiger charge is 2.16. The third-order valence-electron chi connectivity index (χ3n) is 3.53. The van der Waals surface area contributed by atoms with E-state index in [0.717, 1.165) is 6.54 Å². The molecular weight excluding hydrogens is 236 g/mol. The van der Waals surface area contributed by atoms with Crippen LogP contribution in [0.3, 0.4) is 0 Å². The van der Waals surface area contributed by atoms with E-state index >= 15 is 0 Å². The van der Waals surface area contributed by atoms with E-state index in [4.69, 9.17) is 0 Å². The van der Waals surface area contributed by atoms with Crippen molar-refractivity contribution in [2.45, 2.75) is 19.5 Å². The normalized spacial score (nSPS) is 12.6. The topological polar surface area (TPSA) is 32.3 Å². The summed E-state index contributed by atoms with van der Waals surface area (Å²) >= 11 is 0. The fourth-order valence-electron chi connectivity index (χ4n) is 2.17. The lowest BCUT2D eigenvalue weighted by molar-refractivity contribution is -0.125. The van der Waals surface area contributed by atoms with Crippen molar-refractivity contribution in [2.24, 2.45) is 0 Å². The summed E-state index contributed by atoms with van der Waals surface area (Å²) < 4.78 is 0. The third kappa shape index (κ3) is 3.12. The van der Waals surface area contributed by atoms with Gasteiger partial charge in [0.15, 0.2) is 0 Å². The van der Waals surface area contributed by atoms with E-state index in [2.05, 4.69) is 35.6 Å². The van der Waals surface area contributed by atoms with Crippen LogP contribution in [0.1, 0.15) is 12.5 Å². The summed E-state index contributed by atoms with van der Waals surface area (Å²) in [6.07, 6.45) is 0. The molecule has 0 bridgehead atoms. The molecule has 0 unspecified atom stereocenters. The highest BCUT2D eigenvalue weighted by molar-refractivity contribution is 5.83. The maximum atomic E-state index is 11.6. The first-order chi connectivity index (χ1) is 9.11. The molecule has 0 aliphatic carbocycles. The molecule has 0 heterocycles. The molecule has 1 N–H and O–H groups in total. The van der Waals surface area contributed by atoms with Gasteiger partial charge >= 0.3 is 0 Å². The Morgan fingerprint density at radius 2 is 1.89 bits per heavy atom. The standard InChI is InChI=1S/C16H20N2O/c1-12(16(19)17-2)18(3)11-13-8-9-14-6-4-5-7-15(14)10-13/h4-10,12H,11H2,1-3H3,(H,17,19)/t12-/m0/s1.